The molecule has 0 saturated carbocycles. The summed E-state index contributed by atoms with van der Waals surface area (Å²) >= 11 is 0. The molecule has 2 saturated heterocycles. The molecule has 0 aromatic carbocycles. The van der Waals surface area contributed by atoms with Crippen molar-refractivity contribution in [3.63, 3.8) is 0 Å². The van der Waals surface area contributed by atoms with Gasteiger partial charge in [-0.15, -0.1) is 0 Å². The van der Waals surface area contributed by atoms with E-state index >= 15 is 0 Å². The number of hydrazine groups is 1. The van der Waals surface area contributed by atoms with Crippen molar-refractivity contribution in [2.24, 2.45) is 0 Å². The maximum atomic E-state index is 2.48. The third kappa shape index (κ3) is 0.970. The van der Waals surface area contributed by atoms with Crippen LogP contribution in [0.1, 0.15) is 19.3 Å². The Morgan fingerprint density at radius 1 is 0.556 bits per heavy atom. The van der Waals surface area contributed by atoms with Crippen molar-refractivity contribution in [3.8, 4) is 0 Å². The smallest absolute Gasteiger partial charge is 0.0275 e. The second-order valence-electron chi connectivity index (χ2n) is 2.97. The summed E-state index contributed by atoms with van der Waals surface area (Å²) in [6.45, 7) is 5.28. The Balaban J connectivity index is 1.90. The van der Waals surface area contributed by atoms with Crippen LogP contribution in [0.3, 0.4) is 0 Å². The van der Waals surface area contributed by atoms with Gasteiger partial charge >= 0.3 is 0 Å². The van der Waals surface area contributed by atoms with Crippen LogP contribution < -0.4 is 0 Å². The minimum atomic E-state index is 1.32. The fourth-order valence-electron chi connectivity index (χ4n) is 1.65. The van der Waals surface area contributed by atoms with Gasteiger partial charge in [0.1, 0.15) is 0 Å². The van der Waals surface area contributed by atoms with Gasteiger partial charge in [-0.05, 0) is 12.8 Å². The molecule has 2 nitrogen and oxygen atoms in total. The highest BCUT2D eigenvalue weighted by Crippen LogP contribution is 2.16. The summed E-state index contributed by atoms with van der Waals surface area (Å²) in [4.78, 5) is 0. The highest BCUT2D eigenvalue weighted by molar-refractivity contribution is 4.72. The van der Waals surface area contributed by atoms with Crippen molar-refractivity contribution in [2.45, 2.75) is 19.3 Å². The van der Waals surface area contributed by atoms with Gasteiger partial charge in [-0.2, -0.15) is 0 Å². The van der Waals surface area contributed by atoms with Crippen LogP contribution in [0.2, 0.25) is 0 Å². The van der Waals surface area contributed by atoms with E-state index in [1.165, 1.54) is 45.4 Å². The van der Waals surface area contributed by atoms with E-state index in [-0.39, 0.29) is 0 Å². The van der Waals surface area contributed by atoms with Gasteiger partial charge in [0.15, 0.2) is 0 Å². The van der Waals surface area contributed by atoms with E-state index in [0.29, 0.717) is 0 Å². The van der Waals surface area contributed by atoms with Gasteiger partial charge in [0.2, 0.25) is 0 Å². The quantitative estimate of drug-likeness (QED) is 0.471. The summed E-state index contributed by atoms with van der Waals surface area (Å²) in [5.74, 6) is 0. The Kier molecular flexibility index (Phi) is 1.44. The van der Waals surface area contributed by atoms with E-state index in [2.05, 4.69) is 10.0 Å². The number of nitrogens with zero attached hydrogens (tertiary/aromatic N) is 2. The van der Waals surface area contributed by atoms with Crippen molar-refractivity contribution in [3.05, 3.63) is 0 Å². The van der Waals surface area contributed by atoms with Crippen LogP contribution in [0.5, 0.6) is 0 Å². The molecule has 0 bridgehead atoms. The maximum Gasteiger partial charge on any atom is 0.0275 e. The normalized spacial score (nSPS) is 30.7. The van der Waals surface area contributed by atoms with E-state index < -0.39 is 0 Å². The monoisotopic (exact) mass is 126 g/mol. The van der Waals surface area contributed by atoms with Crippen molar-refractivity contribution in [1.29, 1.82) is 0 Å². The molecule has 0 spiro atoms. The lowest BCUT2D eigenvalue weighted by Crippen LogP contribution is -2.56. The molecule has 9 heavy (non-hydrogen) atoms. The molecule has 2 rings (SSSR count). The van der Waals surface area contributed by atoms with E-state index in [0.717, 1.165) is 0 Å². The van der Waals surface area contributed by atoms with Crippen molar-refractivity contribution in [1.82, 2.24) is 10.0 Å². The average Bonchev–Trinajstić information content (AvgIpc) is 1.94. The van der Waals surface area contributed by atoms with Gasteiger partial charge < -0.3 is 0 Å². The molecule has 0 N–H and O–H groups in total. The van der Waals surface area contributed by atoms with Crippen LogP contribution in [-0.4, -0.2) is 36.2 Å². The Bertz CT molecular complexity index is 91.1. The minimum Gasteiger partial charge on any atom is -0.240 e. The first-order chi connectivity index (χ1) is 4.47. The summed E-state index contributed by atoms with van der Waals surface area (Å²) in [6, 6.07) is 0. The first kappa shape index (κ1) is 5.69. The fraction of sp³-hybridized carbons (Fsp3) is 1.00. The van der Waals surface area contributed by atoms with Gasteiger partial charge in [-0.25, -0.2) is 10.0 Å². The average molecular weight is 126 g/mol. The van der Waals surface area contributed by atoms with E-state index in [9.17, 15) is 0 Å². The van der Waals surface area contributed by atoms with E-state index in [1.54, 1.807) is 0 Å². The van der Waals surface area contributed by atoms with Crippen LogP contribution in [0.25, 0.3) is 0 Å². The Morgan fingerprint density at radius 3 is 1.56 bits per heavy atom. The second-order valence-corrected chi connectivity index (χ2v) is 2.97. The second kappa shape index (κ2) is 2.27. The molecule has 2 aliphatic rings. The number of hydrogen-bond acceptors (Lipinski definition) is 2. The molecular formula is C7H14N2. The third-order valence-electron chi connectivity index (χ3n) is 2.35. The molecule has 0 aromatic rings. The lowest BCUT2D eigenvalue weighted by atomic mass is 10.2. The SMILES string of the molecule is C1CCN2CCN2CC1. The molecule has 52 valence electrons. The molecule has 0 atom stereocenters. The van der Waals surface area contributed by atoms with Gasteiger partial charge in [-0.1, -0.05) is 6.42 Å². The van der Waals surface area contributed by atoms with Crippen LogP contribution in [0.4, 0.5) is 0 Å². The van der Waals surface area contributed by atoms with Gasteiger partial charge in [-0.3, -0.25) is 0 Å². The summed E-state index contributed by atoms with van der Waals surface area (Å²) in [7, 11) is 0. The maximum absolute atomic E-state index is 2.48. The largest absolute Gasteiger partial charge is 0.240 e. The molecule has 0 aromatic heterocycles. The number of hydrogen-bond donors (Lipinski definition) is 0. The van der Waals surface area contributed by atoms with Crippen LogP contribution in [-0.2, 0) is 0 Å². The highest BCUT2D eigenvalue weighted by atomic mass is 15.7. The molecule has 0 amide bonds. The highest BCUT2D eigenvalue weighted by Gasteiger charge is 2.25. The Morgan fingerprint density at radius 2 is 1.11 bits per heavy atom. The van der Waals surface area contributed by atoms with E-state index in [4.69, 9.17) is 0 Å². The number of fused-ring (bicyclic) bond motifs is 1. The van der Waals surface area contributed by atoms with Crippen molar-refractivity contribution in [2.75, 3.05) is 26.2 Å². The Hall–Kier alpha value is -0.0800. The molecule has 0 unspecified atom stereocenters. The standard InChI is InChI=1S/C7H14N2/c1-2-4-8-6-7-9(8)5-3-1/h1-7H2. The molecule has 0 aliphatic carbocycles. The summed E-state index contributed by atoms with van der Waals surface area (Å²) in [6.07, 6.45) is 4.26. The molecule has 2 heteroatoms. The van der Waals surface area contributed by atoms with E-state index in [1.807, 2.05) is 0 Å². The van der Waals surface area contributed by atoms with Crippen LogP contribution in [0.15, 0.2) is 0 Å². The predicted octanol–water partition coefficient (Wildman–Crippen LogP) is 0.703. The van der Waals surface area contributed by atoms with Crippen molar-refractivity contribution < 1.29 is 0 Å². The third-order valence-corrected chi connectivity index (χ3v) is 2.35. The lowest BCUT2D eigenvalue weighted by molar-refractivity contribution is -0.103. The summed E-state index contributed by atoms with van der Waals surface area (Å²) < 4.78 is 0. The molecule has 2 fully saturated rings. The van der Waals surface area contributed by atoms with Gasteiger partial charge in [0.25, 0.3) is 0 Å². The lowest BCUT2D eigenvalue weighted by Gasteiger charge is -2.42. The Labute approximate surface area is 56.4 Å². The molecule has 0 radical (unpaired) electrons. The summed E-state index contributed by atoms with van der Waals surface area (Å²) in [5, 5.41) is 4.96. The molecule has 2 aliphatic heterocycles. The zero-order valence-electron chi connectivity index (χ0n) is 5.84. The van der Waals surface area contributed by atoms with Crippen molar-refractivity contribution >= 4 is 0 Å². The molecular weight excluding hydrogens is 112 g/mol. The number of rotatable bonds is 0. The van der Waals surface area contributed by atoms with Crippen LogP contribution >= 0.6 is 0 Å². The topological polar surface area (TPSA) is 6.48 Å². The first-order valence-corrected chi connectivity index (χ1v) is 3.96. The van der Waals surface area contributed by atoms with Gasteiger partial charge in [0.05, 0.1) is 0 Å². The predicted molar refractivity (Wildman–Crippen MR) is 37.0 cm³/mol. The zero-order valence-corrected chi connectivity index (χ0v) is 5.84. The zero-order chi connectivity index (χ0) is 6.10. The molecule has 2 heterocycles. The minimum absolute atomic E-state index is 1.32. The van der Waals surface area contributed by atoms with Gasteiger partial charge in [0, 0.05) is 26.2 Å². The first-order valence-electron chi connectivity index (χ1n) is 3.96. The summed E-state index contributed by atoms with van der Waals surface area (Å²) in [5.41, 5.74) is 0. The van der Waals surface area contributed by atoms with Crippen LogP contribution in [0, 0.1) is 0 Å². The fourth-order valence-corrected chi connectivity index (χ4v) is 1.65.